The van der Waals surface area contributed by atoms with Gasteiger partial charge >= 0.3 is 0 Å². The van der Waals surface area contributed by atoms with Crippen molar-refractivity contribution in [3.05, 3.63) is 40.7 Å². The zero-order chi connectivity index (χ0) is 15.7. The van der Waals surface area contributed by atoms with Gasteiger partial charge in [0.25, 0.3) is 0 Å². The van der Waals surface area contributed by atoms with Crippen LogP contribution in [0.4, 0.5) is 0 Å². The van der Waals surface area contributed by atoms with Crippen LogP contribution in [0, 0.1) is 0 Å². The zero-order valence-corrected chi connectivity index (χ0v) is 13.6. The summed E-state index contributed by atoms with van der Waals surface area (Å²) in [4.78, 5) is 4.67. The van der Waals surface area contributed by atoms with Gasteiger partial charge in [0.05, 0.1) is 31.5 Å². The molecular weight excluding hydrogens is 296 g/mol. The van der Waals surface area contributed by atoms with Gasteiger partial charge in [-0.2, -0.15) is 0 Å². The smallest absolute Gasteiger partial charge is 0.132 e. The van der Waals surface area contributed by atoms with Crippen LogP contribution in [0.25, 0.3) is 22.0 Å². The lowest BCUT2D eigenvalue weighted by molar-refractivity contribution is 0.399. The lowest BCUT2D eigenvalue weighted by atomic mass is 10.0. The van der Waals surface area contributed by atoms with Crippen molar-refractivity contribution in [1.82, 2.24) is 4.98 Å². The first-order valence-electron chi connectivity index (χ1n) is 7.00. The van der Waals surface area contributed by atoms with Gasteiger partial charge in [0, 0.05) is 16.8 Å². The second kappa shape index (κ2) is 5.94. The molecule has 0 saturated carbocycles. The van der Waals surface area contributed by atoms with Crippen LogP contribution in [0.3, 0.4) is 0 Å². The number of ether oxygens (including phenoxy) is 2. The highest BCUT2D eigenvalue weighted by molar-refractivity contribution is 7.10. The summed E-state index contributed by atoms with van der Waals surface area (Å²) >= 11 is 1.57. The zero-order valence-electron chi connectivity index (χ0n) is 12.8. The number of hydrogen-bond donors (Lipinski definition) is 1. The Morgan fingerprint density at radius 2 is 1.77 bits per heavy atom. The van der Waals surface area contributed by atoms with Gasteiger partial charge in [-0.3, -0.25) is 0 Å². The molecule has 2 N–H and O–H groups in total. The van der Waals surface area contributed by atoms with E-state index in [0.717, 1.165) is 38.5 Å². The molecule has 1 heterocycles. The predicted octanol–water partition coefficient (Wildman–Crippen LogP) is 4.00. The SMILES string of the molecule is COc1cc(OC)c2ccccc2c1-c1csc(C(C)N)n1. The molecule has 0 fully saturated rings. The summed E-state index contributed by atoms with van der Waals surface area (Å²) < 4.78 is 11.1. The Morgan fingerprint density at radius 1 is 1.09 bits per heavy atom. The summed E-state index contributed by atoms with van der Waals surface area (Å²) in [7, 11) is 3.32. The molecule has 22 heavy (non-hydrogen) atoms. The van der Waals surface area contributed by atoms with E-state index in [1.165, 1.54) is 0 Å². The third kappa shape index (κ3) is 2.42. The van der Waals surface area contributed by atoms with E-state index < -0.39 is 0 Å². The van der Waals surface area contributed by atoms with Crippen molar-refractivity contribution >= 4 is 22.1 Å². The number of aromatic nitrogens is 1. The maximum absolute atomic E-state index is 5.93. The summed E-state index contributed by atoms with van der Waals surface area (Å²) in [6.45, 7) is 1.94. The first kappa shape index (κ1) is 14.8. The van der Waals surface area contributed by atoms with Crippen LogP contribution >= 0.6 is 11.3 Å². The van der Waals surface area contributed by atoms with Crippen LogP contribution in [-0.2, 0) is 0 Å². The molecule has 4 nitrogen and oxygen atoms in total. The lowest BCUT2D eigenvalue weighted by Gasteiger charge is -2.14. The van der Waals surface area contributed by atoms with Crippen molar-refractivity contribution in [2.75, 3.05) is 14.2 Å². The highest BCUT2D eigenvalue weighted by Crippen LogP contribution is 2.42. The predicted molar refractivity (Wildman–Crippen MR) is 90.8 cm³/mol. The van der Waals surface area contributed by atoms with Crippen LogP contribution in [0.2, 0.25) is 0 Å². The van der Waals surface area contributed by atoms with Gasteiger partial charge < -0.3 is 15.2 Å². The van der Waals surface area contributed by atoms with Crippen molar-refractivity contribution in [2.45, 2.75) is 13.0 Å². The molecule has 0 spiro atoms. The molecule has 3 aromatic rings. The molecule has 0 aliphatic heterocycles. The number of nitrogens with zero attached hydrogens (tertiary/aromatic N) is 1. The number of benzene rings is 2. The number of methoxy groups -OCH3 is 2. The molecule has 0 radical (unpaired) electrons. The van der Waals surface area contributed by atoms with Crippen molar-refractivity contribution < 1.29 is 9.47 Å². The molecule has 0 saturated heterocycles. The van der Waals surface area contributed by atoms with E-state index >= 15 is 0 Å². The molecule has 2 aromatic carbocycles. The fourth-order valence-corrected chi connectivity index (χ4v) is 3.29. The number of rotatable bonds is 4. The first-order valence-corrected chi connectivity index (χ1v) is 7.88. The lowest BCUT2D eigenvalue weighted by Crippen LogP contribution is -2.04. The number of thiazole rings is 1. The van der Waals surface area contributed by atoms with Crippen molar-refractivity contribution in [3.8, 4) is 22.8 Å². The maximum atomic E-state index is 5.93. The van der Waals surface area contributed by atoms with E-state index in [1.807, 2.05) is 36.6 Å². The Balaban J connectivity index is 2.31. The van der Waals surface area contributed by atoms with Crippen LogP contribution in [0.15, 0.2) is 35.7 Å². The monoisotopic (exact) mass is 314 g/mol. The van der Waals surface area contributed by atoms with Gasteiger partial charge in [-0.05, 0) is 12.3 Å². The number of hydrogen-bond acceptors (Lipinski definition) is 5. The van der Waals surface area contributed by atoms with E-state index in [-0.39, 0.29) is 6.04 Å². The highest BCUT2D eigenvalue weighted by Gasteiger charge is 2.18. The summed E-state index contributed by atoms with van der Waals surface area (Å²) in [5.74, 6) is 1.54. The molecule has 1 unspecified atom stereocenters. The Hall–Kier alpha value is -2.11. The molecule has 0 amide bonds. The van der Waals surface area contributed by atoms with Crippen LogP contribution in [0.1, 0.15) is 18.0 Å². The van der Waals surface area contributed by atoms with E-state index in [0.29, 0.717) is 0 Å². The highest BCUT2D eigenvalue weighted by atomic mass is 32.1. The van der Waals surface area contributed by atoms with E-state index in [2.05, 4.69) is 11.1 Å². The molecule has 5 heteroatoms. The normalized spacial score (nSPS) is 12.4. The van der Waals surface area contributed by atoms with E-state index in [1.54, 1.807) is 25.6 Å². The van der Waals surface area contributed by atoms with Gasteiger partial charge in [-0.25, -0.2) is 4.98 Å². The van der Waals surface area contributed by atoms with Crippen molar-refractivity contribution in [3.63, 3.8) is 0 Å². The largest absolute Gasteiger partial charge is 0.496 e. The number of fused-ring (bicyclic) bond motifs is 1. The Kier molecular flexibility index (Phi) is 4.00. The van der Waals surface area contributed by atoms with Gasteiger partial charge in [-0.1, -0.05) is 24.3 Å². The minimum Gasteiger partial charge on any atom is -0.496 e. The van der Waals surface area contributed by atoms with Crippen LogP contribution in [0.5, 0.6) is 11.5 Å². The standard InChI is InChI=1S/C17H18N2O2S/c1-10(18)17-19-13(9-22-17)16-12-7-5-4-6-11(12)14(20-2)8-15(16)21-3/h4-10H,18H2,1-3H3. The third-order valence-corrected chi connectivity index (χ3v) is 4.62. The molecule has 0 bridgehead atoms. The van der Waals surface area contributed by atoms with Gasteiger partial charge in [0.2, 0.25) is 0 Å². The van der Waals surface area contributed by atoms with Gasteiger partial charge in [0.1, 0.15) is 16.5 Å². The summed E-state index contributed by atoms with van der Waals surface area (Å²) in [5, 5.41) is 5.03. The quantitative estimate of drug-likeness (QED) is 0.791. The first-order chi connectivity index (χ1) is 10.7. The average Bonchev–Trinajstić information content (AvgIpc) is 3.03. The summed E-state index contributed by atoms with van der Waals surface area (Å²) in [6.07, 6.45) is 0. The van der Waals surface area contributed by atoms with Gasteiger partial charge in [-0.15, -0.1) is 11.3 Å². The molecule has 0 aliphatic carbocycles. The maximum Gasteiger partial charge on any atom is 0.132 e. The summed E-state index contributed by atoms with van der Waals surface area (Å²) in [6, 6.07) is 9.92. The molecule has 1 aromatic heterocycles. The molecule has 114 valence electrons. The van der Waals surface area contributed by atoms with Crippen molar-refractivity contribution in [1.29, 1.82) is 0 Å². The van der Waals surface area contributed by atoms with Crippen molar-refractivity contribution in [2.24, 2.45) is 5.73 Å². The average molecular weight is 314 g/mol. The van der Waals surface area contributed by atoms with Crippen LogP contribution in [-0.4, -0.2) is 19.2 Å². The van der Waals surface area contributed by atoms with Gasteiger partial charge in [0.15, 0.2) is 0 Å². The Labute approximate surface area is 133 Å². The minimum atomic E-state index is -0.0748. The Bertz CT molecular complexity index is 812. The summed E-state index contributed by atoms with van der Waals surface area (Å²) in [5.41, 5.74) is 7.79. The molecule has 1 atom stereocenters. The van der Waals surface area contributed by atoms with E-state index in [9.17, 15) is 0 Å². The second-order valence-corrected chi connectivity index (χ2v) is 5.95. The fraction of sp³-hybridized carbons (Fsp3) is 0.235. The van der Waals surface area contributed by atoms with E-state index in [4.69, 9.17) is 15.2 Å². The molecule has 0 aliphatic rings. The second-order valence-electron chi connectivity index (χ2n) is 5.06. The number of nitrogens with two attached hydrogens (primary N) is 1. The molecular formula is C17H18N2O2S. The Morgan fingerprint density at radius 3 is 2.36 bits per heavy atom. The minimum absolute atomic E-state index is 0.0748. The van der Waals surface area contributed by atoms with Crippen LogP contribution < -0.4 is 15.2 Å². The fourth-order valence-electron chi connectivity index (χ4n) is 2.52. The third-order valence-electron chi connectivity index (χ3n) is 3.58. The topological polar surface area (TPSA) is 57.4 Å². The molecule has 3 rings (SSSR count).